The zero-order valence-electron chi connectivity index (χ0n) is 13.6. The first-order chi connectivity index (χ1) is 11.7. The van der Waals surface area contributed by atoms with Gasteiger partial charge in [0, 0.05) is 11.3 Å². The van der Waals surface area contributed by atoms with E-state index < -0.39 is 0 Å². The molecule has 1 aliphatic heterocycles. The number of carbonyl (C=O) groups excluding carboxylic acids is 1. The molecule has 1 atom stereocenters. The number of rotatable bonds is 3. The molecule has 1 N–H and O–H groups in total. The van der Waals surface area contributed by atoms with Gasteiger partial charge in [0.2, 0.25) is 0 Å². The van der Waals surface area contributed by atoms with Crippen LogP contribution in [0.1, 0.15) is 48.9 Å². The van der Waals surface area contributed by atoms with E-state index in [4.69, 9.17) is 4.74 Å². The first-order valence-corrected chi connectivity index (χ1v) is 8.64. The monoisotopic (exact) mass is 326 g/mol. The predicted molar refractivity (Wildman–Crippen MR) is 89.0 cm³/mol. The second kappa shape index (κ2) is 6.36. The fourth-order valence-corrected chi connectivity index (χ4v) is 3.89. The Morgan fingerprint density at radius 2 is 2.00 bits per heavy atom. The summed E-state index contributed by atoms with van der Waals surface area (Å²) in [7, 11) is 0. The molecule has 2 heterocycles. The maximum absolute atomic E-state index is 12.6. The van der Waals surface area contributed by atoms with Gasteiger partial charge in [-0.25, -0.2) is 0 Å². The van der Waals surface area contributed by atoms with Crippen molar-refractivity contribution in [2.45, 2.75) is 50.2 Å². The first-order valence-electron chi connectivity index (χ1n) is 8.64. The molecule has 0 unspecified atom stereocenters. The number of ether oxygens (including phenoxy) is 1. The minimum Gasteiger partial charge on any atom is -0.373 e. The van der Waals surface area contributed by atoms with Gasteiger partial charge in [-0.1, -0.05) is 25.3 Å². The lowest BCUT2D eigenvalue weighted by atomic mass is 9.82. The average Bonchev–Trinajstić information content (AvgIpc) is 3.27. The van der Waals surface area contributed by atoms with E-state index in [0.29, 0.717) is 12.2 Å². The van der Waals surface area contributed by atoms with E-state index in [1.807, 2.05) is 24.3 Å². The summed E-state index contributed by atoms with van der Waals surface area (Å²) in [5.74, 6) is -0.0496. The zero-order chi connectivity index (χ0) is 16.4. The van der Waals surface area contributed by atoms with E-state index in [1.165, 1.54) is 19.3 Å². The van der Waals surface area contributed by atoms with Gasteiger partial charge in [0.15, 0.2) is 0 Å². The molecule has 24 heavy (non-hydrogen) atoms. The molecule has 1 aromatic heterocycles. The lowest BCUT2D eigenvalue weighted by Crippen LogP contribution is -2.37. The minimum absolute atomic E-state index is 0.0144. The third-order valence-electron chi connectivity index (χ3n) is 5.13. The van der Waals surface area contributed by atoms with Gasteiger partial charge in [-0.3, -0.25) is 9.36 Å². The maximum atomic E-state index is 12.6. The van der Waals surface area contributed by atoms with Crippen molar-refractivity contribution in [3.63, 3.8) is 0 Å². The molecular formula is C18H22N4O2. The van der Waals surface area contributed by atoms with Gasteiger partial charge in [-0.05, 0) is 37.5 Å². The normalized spacial score (nSPS) is 22.6. The smallest absolute Gasteiger partial charge is 0.251 e. The molecule has 2 aliphatic rings. The van der Waals surface area contributed by atoms with Crippen LogP contribution in [0.15, 0.2) is 36.9 Å². The van der Waals surface area contributed by atoms with Crippen LogP contribution in [-0.2, 0) is 4.74 Å². The molecule has 2 aromatic rings. The molecule has 1 amide bonds. The Bertz CT molecular complexity index is 708. The van der Waals surface area contributed by atoms with Crippen molar-refractivity contribution in [2.24, 2.45) is 0 Å². The second-order valence-corrected chi connectivity index (χ2v) is 6.85. The molecular weight excluding hydrogens is 304 g/mol. The zero-order valence-corrected chi connectivity index (χ0v) is 13.6. The van der Waals surface area contributed by atoms with E-state index in [9.17, 15) is 4.79 Å². The maximum Gasteiger partial charge on any atom is 0.251 e. The van der Waals surface area contributed by atoms with Gasteiger partial charge in [-0.15, -0.1) is 10.2 Å². The molecule has 6 nitrogen and oxygen atoms in total. The highest BCUT2D eigenvalue weighted by molar-refractivity contribution is 5.95. The predicted octanol–water partition coefficient (Wildman–Crippen LogP) is 2.49. The van der Waals surface area contributed by atoms with E-state index in [1.54, 1.807) is 17.2 Å². The van der Waals surface area contributed by atoms with Crippen LogP contribution in [0.3, 0.4) is 0 Å². The number of aromatic nitrogens is 3. The van der Waals surface area contributed by atoms with E-state index in [-0.39, 0.29) is 17.6 Å². The van der Waals surface area contributed by atoms with E-state index in [0.717, 1.165) is 24.9 Å². The van der Waals surface area contributed by atoms with Gasteiger partial charge >= 0.3 is 0 Å². The lowest BCUT2D eigenvalue weighted by molar-refractivity contribution is -0.0246. The average molecular weight is 326 g/mol. The first kappa shape index (κ1) is 15.3. The van der Waals surface area contributed by atoms with Crippen molar-refractivity contribution in [2.75, 3.05) is 6.61 Å². The molecule has 126 valence electrons. The van der Waals surface area contributed by atoms with Crippen LogP contribution in [0.2, 0.25) is 0 Å². The topological polar surface area (TPSA) is 69.0 Å². The number of nitrogens with one attached hydrogen (secondary N) is 1. The number of hydrogen-bond acceptors (Lipinski definition) is 4. The lowest BCUT2D eigenvalue weighted by Gasteiger charge is -2.32. The molecule has 2 fully saturated rings. The quantitative estimate of drug-likeness (QED) is 0.941. The molecule has 1 aliphatic carbocycles. The van der Waals surface area contributed by atoms with Crippen LogP contribution in [0.5, 0.6) is 0 Å². The molecule has 1 aromatic carbocycles. The Morgan fingerprint density at radius 1 is 1.21 bits per heavy atom. The fourth-order valence-electron chi connectivity index (χ4n) is 3.89. The Balaban J connectivity index is 1.42. The highest BCUT2D eigenvalue weighted by Gasteiger charge is 2.41. The third-order valence-corrected chi connectivity index (χ3v) is 5.13. The molecule has 1 saturated heterocycles. The largest absolute Gasteiger partial charge is 0.373 e. The Hall–Kier alpha value is -2.21. The summed E-state index contributed by atoms with van der Waals surface area (Å²) >= 11 is 0. The van der Waals surface area contributed by atoms with Crippen LogP contribution < -0.4 is 5.32 Å². The highest BCUT2D eigenvalue weighted by atomic mass is 16.5. The minimum atomic E-state index is -0.0496. The van der Waals surface area contributed by atoms with Crippen molar-refractivity contribution < 1.29 is 9.53 Å². The molecule has 0 bridgehead atoms. The van der Waals surface area contributed by atoms with Crippen molar-refractivity contribution in [1.29, 1.82) is 0 Å². The van der Waals surface area contributed by atoms with Gasteiger partial charge in [0.25, 0.3) is 5.91 Å². The van der Waals surface area contributed by atoms with E-state index >= 15 is 0 Å². The summed E-state index contributed by atoms with van der Waals surface area (Å²) < 4.78 is 7.86. The summed E-state index contributed by atoms with van der Waals surface area (Å²) in [5.41, 5.74) is 1.53. The summed E-state index contributed by atoms with van der Waals surface area (Å²) in [5, 5.41) is 10.7. The molecule has 1 saturated carbocycles. The van der Waals surface area contributed by atoms with Crippen LogP contribution in [0.25, 0.3) is 5.69 Å². The van der Waals surface area contributed by atoms with E-state index in [2.05, 4.69) is 15.5 Å². The van der Waals surface area contributed by atoms with Gasteiger partial charge in [-0.2, -0.15) is 0 Å². The third kappa shape index (κ3) is 3.06. The van der Waals surface area contributed by atoms with Crippen LogP contribution >= 0.6 is 0 Å². The number of benzene rings is 1. The number of hydrogen-bond donors (Lipinski definition) is 1. The molecule has 0 radical (unpaired) electrons. The molecule has 6 heteroatoms. The van der Waals surface area contributed by atoms with Gasteiger partial charge < -0.3 is 10.1 Å². The Labute approximate surface area is 141 Å². The summed E-state index contributed by atoms with van der Waals surface area (Å²) in [6.07, 6.45) is 10.2. The van der Waals surface area contributed by atoms with Gasteiger partial charge in [0.1, 0.15) is 12.7 Å². The van der Waals surface area contributed by atoms with Crippen molar-refractivity contribution in [3.05, 3.63) is 42.5 Å². The van der Waals surface area contributed by atoms with Gasteiger partial charge in [0.05, 0.1) is 18.2 Å². The Morgan fingerprint density at radius 3 is 2.79 bits per heavy atom. The summed E-state index contributed by atoms with van der Waals surface area (Å²) in [4.78, 5) is 12.6. The van der Waals surface area contributed by atoms with Crippen LogP contribution in [0, 0.1) is 0 Å². The molecule has 4 rings (SSSR count). The highest BCUT2D eigenvalue weighted by Crippen LogP contribution is 2.39. The molecule has 1 spiro atoms. The van der Waals surface area contributed by atoms with Crippen molar-refractivity contribution >= 4 is 5.91 Å². The second-order valence-electron chi connectivity index (χ2n) is 6.85. The number of carbonyl (C=O) groups is 1. The van der Waals surface area contributed by atoms with Crippen molar-refractivity contribution in [3.8, 4) is 5.69 Å². The Kier molecular flexibility index (Phi) is 4.06. The summed E-state index contributed by atoms with van der Waals surface area (Å²) in [6, 6.07) is 7.59. The SMILES string of the molecule is O=C(N[C@H]1COC2(CCCCC2)C1)c1cccc(-n2cnnc2)c1. The number of amides is 1. The standard InChI is InChI=1S/C18H22N4O2/c23-17(14-5-4-6-16(9-14)22-12-19-20-13-22)21-15-10-18(24-11-15)7-2-1-3-8-18/h4-6,9,12-13,15H,1-3,7-8,10-11H2,(H,21,23)/t15-/m1/s1. The fraction of sp³-hybridized carbons (Fsp3) is 0.500. The summed E-state index contributed by atoms with van der Waals surface area (Å²) in [6.45, 7) is 0.622. The number of nitrogens with zero attached hydrogens (tertiary/aromatic N) is 3. The van der Waals surface area contributed by atoms with Crippen molar-refractivity contribution in [1.82, 2.24) is 20.1 Å². The van der Waals surface area contributed by atoms with Crippen LogP contribution in [-0.4, -0.2) is 38.9 Å². The van der Waals surface area contributed by atoms with Crippen LogP contribution in [0.4, 0.5) is 0 Å².